The predicted molar refractivity (Wildman–Crippen MR) is 80.9 cm³/mol. The molecule has 0 bridgehead atoms. The molecule has 0 aliphatic heterocycles. The molecule has 0 aromatic rings. The van der Waals surface area contributed by atoms with Crippen LogP contribution in [0.3, 0.4) is 0 Å². The normalized spacial score (nSPS) is 43.9. The van der Waals surface area contributed by atoms with E-state index in [1.165, 1.54) is 25.7 Å². The van der Waals surface area contributed by atoms with Gasteiger partial charge in [-0.2, -0.15) is 0 Å². The predicted octanol–water partition coefficient (Wildman–Crippen LogP) is 3.72. The molecule has 0 amide bonds. The third-order valence-electron chi connectivity index (χ3n) is 6.37. The molecule has 0 radical (unpaired) electrons. The number of nitrogens with two attached hydrogens (primary N) is 1. The minimum Gasteiger partial charge on any atom is -0.389 e. The number of rotatable bonds is 4. The van der Waals surface area contributed by atoms with Gasteiger partial charge in [0.05, 0.1) is 5.60 Å². The second-order valence-corrected chi connectivity index (χ2v) is 7.63. The molecule has 2 nitrogen and oxygen atoms in total. The average molecular weight is 267 g/mol. The van der Waals surface area contributed by atoms with E-state index in [9.17, 15) is 5.11 Å². The van der Waals surface area contributed by atoms with Gasteiger partial charge in [0.25, 0.3) is 0 Å². The van der Waals surface area contributed by atoms with Crippen LogP contribution in [0.25, 0.3) is 0 Å². The van der Waals surface area contributed by atoms with Crippen molar-refractivity contribution in [2.75, 3.05) is 6.54 Å². The molecule has 2 rings (SSSR count). The van der Waals surface area contributed by atoms with Crippen LogP contribution >= 0.6 is 0 Å². The summed E-state index contributed by atoms with van der Waals surface area (Å²) in [4.78, 5) is 0. The average Bonchev–Trinajstić information content (AvgIpc) is 2.84. The van der Waals surface area contributed by atoms with Gasteiger partial charge < -0.3 is 10.8 Å². The van der Waals surface area contributed by atoms with Gasteiger partial charge >= 0.3 is 0 Å². The number of aliphatic hydroxyl groups is 1. The van der Waals surface area contributed by atoms with Crippen molar-refractivity contribution in [2.45, 2.75) is 77.7 Å². The fourth-order valence-electron chi connectivity index (χ4n) is 4.73. The molecule has 0 spiro atoms. The maximum absolute atomic E-state index is 11.4. The number of hydrogen-bond acceptors (Lipinski definition) is 2. The van der Waals surface area contributed by atoms with Gasteiger partial charge in [-0.25, -0.2) is 0 Å². The lowest BCUT2D eigenvalue weighted by Gasteiger charge is -2.50. The van der Waals surface area contributed by atoms with Gasteiger partial charge in [-0.1, -0.05) is 33.6 Å². The Balaban J connectivity index is 2.17. The van der Waals surface area contributed by atoms with E-state index in [1.54, 1.807) is 0 Å². The zero-order valence-electron chi connectivity index (χ0n) is 13.1. The Hall–Kier alpha value is -0.0800. The molecule has 2 aliphatic rings. The van der Waals surface area contributed by atoms with E-state index in [0.29, 0.717) is 18.4 Å². The maximum atomic E-state index is 11.4. The second kappa shape index (κ2) is 5.73. The fourth-order valence-corrected chi connectivity index (χ4v) is 4.73. The van der Waals surface area contributed by atoms with Crippen LogP contribution in [0.1, 0.15) is 72.1 Å². The summed E-state index contributed by atoms with van der Waals surface area (Å²) in [6.45, 7) is 7.55. The largest absolute Gasteiger partial charge is 0.389 e. The first-order valence-corrected chi connectivity index (χ1v) is 8.39. The Morgan fingerprint density at radius 3 is 2.47 bits per heavy atom. The first-order valence-electron chi connectivity index (χ1n) is 8.39. The second-order valence-electron chi connectivity index (χ2n) is 7.63. The monoisotopic (exact) mass is 267 g/mol. The summed E-state index contributed by atoms with van der Waals surface area (Å²) in [5, 5.41) is 11.4. The Bertz CT molecular complexity index is 304. The van der Waals surface area contributed by atoms with Crippen LogP contribution in [-0.4, -0.2) is 17.3 Å². The fraction of sp³-hybridized carbons (Fsp3) is 1.00. The Labute approximate surface area is 119 Å². The van der Waals surface area contributed by atoms with Gasteiger partial charge in [0, 0.05) is 12.0 Å². The molecule has 2 fully saturated rings. The highest BCUT2D eigenvalue weighted by Gasteiger charge is 2.54. The third-order valence-corrected chi connectivity index (χ3v) is 6.37. The van der Waals surface area contributed by atoms with Crippen LogP contribution in [-0.2, 0) is 0 Å². The van der Waals surface area contributed by atoms with E-state index >= 15 is 0 Å². The summed E-state index contributed by atoms with van der Waals surface area (Å²) < 4.78 is 0. The van der Waals surface area contributed by atoms with E-state index in [-0.39, 0.29) is 5.41 Å². The molecular weight excluding hydrogens is 234 g/mol. The summed E-state index contributed by atoms with van der Waals surface area (Å²) in [7, 11) is 0. The first-order chi connectivity index (χ1) is 8.96. The highest BCUT2D eigenvalue weighted by atomic mass is 16.3. The molecule has 4 unspecified atom stereocenters. The van der Waals surface area contributed by atoms with Crippen molar-refractivity contribution >= 4 is 0 Å². The van der Waals surface area contributed by atoms with Crippen LogP contribution < -0.4 is 5.73 Å². The van der Waals surface area contributed by atoms with Crippen molar-refractivity contribution in [1.82, 2.24) is 0 Å². The smallest absolute Gasteiger partial charge is 0.0718 e. The Morgan fingerprint density at radius 2 is 1.95 bits per heavy atom. The van der Waals surface area contributed by atoms with Crippen molar-refractivity contribution in [3.05, 3.63) is 0 Å². The highest BCUT2D eigenvalue weighted by Crippen LogP contribution is 2.55. The number of hydrogen-bond donors (Lipinski definition) is 2. The Morgan fingerprint density at radius 1 is 1.21 bits per heavy atom. The van der Waals surface area contributed by atoms with E-state index in [1.807, 2.05) is 0 Å². The van der Waals surface area contributed by atoms with Crippen molar-refractivity contribution in [2.24, 2.45) is 28.9 Å². The van der Waals surface area contributed by atoms with E-state index in [2.05, 4.69) is 20.8 Å². The maximum Gasteiger partial charge on any atom is 0.0718 e. The zero-order chi connectivity index (χ0) is 14.1. The highest BCUT2D eigenvalue weighted by molar-refractivity contribution is 5.06. The molecule has 2 heteroatoms. The minimum atomic E-state index is -0.487. The lowest BCUT2D eigenvalue weighted by Crippen LogP contribution is -2.54. The molecule has 0 saturated heterocycles. The molecule has 2 saturated carbocycles. The van der Waals surface area contributed by atoms with E-state index in [0.717, 1.165) is 31.6 Å². The molecule has 4 atom stereocenters. The van der Waals surface area contributed by atoms with Gasteiger partial charge in [0.2, 0.25) is 0 Å². The van der Waals surface area contributed by atoms with Crippen LogP contribution in [0.2, 0.25) is 0 Å². The minimum absolute atomic E-state index is 0.0151. The van der Waals surface area contributed by atoms with Gasteiger partial charge in [-0.3, -0.25) is 0 Å². The van der Waals surface area contributed by atoms with Gasteiger partial charge in [-0.15, -0.1) is 0 Å². The molecular formula is C17H33NO. The van der Waals surface area contributed by atoms with Crippen molar-refractivity contribution < 1.29 is 5.11 Å². The van der Waals surface area contributed by atoms with Gasteiger partial charge in [-0.05, 0) is 56.3 Å². The lowest BCUT2D eigenvalue weighted by molar-refractivity contribution is -0.121. The van der Waals surface area contributed by atoms with Crippen molar-refractivity contribution in [3.8, 4) is 0 Å². The molecule has 0 aromatic carbocycles. The lowest BCUT2D eigenvalue weighted by atomic mass is 9.60. The van der Waals surface area contributed by atoms with Gasteiger partial charge in [0.15, 0.2) is 0 Å². The SMILES string of the molecule is CCC1CCC(CN)(C2(O)CCCC(C(C)C)C2)C1. The topological polar surface area (TPSA) is 46.2 Å². The quantitative estimate of drug-likeness (QED) is 0.815. The molecule has 0 aromatic heterocycles. The van der Waals surface area contributed by atoms with Crippen LogP contribution in [0.15, 0.2) is 0 Å². The summed E-state index contributed by atoms with van der Waals surface area (Å²) in [6.07, 6.45) is 9.23. The van der Waals surface area contributed by atoms with Crippen molar-refractivity contribution in [3.63, 3.8) is 0 Å². The summed E-state index contributed by atoms with van der Waals surface area (Å²) in [5.74, 6) is 2.15. The molecule has 19 heavy (non-hydrogen) atoms. The summed E-state index contributed by atoms with van der Waals surface area (Å²) in [6, 6.07) is 0. The Kier molecular flexibility index (Phi) is 4.62. The summed E-state index contributed by atoms with van der Waals surface area (Å²) >= 11 is 0. The van der Waals surface area contributed by atoms with Crippen LogP contribution in [0, 0.1) is 23.2 Å². The summed E-state index contributed by atoms with van der Waals surface area (Å²) in [5.41, 5.74) is 5.69. The molecule has 112 valence electrons. The van der Waals surface area contributed by atoms with Gasteiger partial charge in [0.1, 0.15) is 0 Å². The first kappa shape index (κ1) is 15.3. The van der Waals surface area contributed by atoms with E-state index in [4.69, 9.17) is 5.73 Å². The molecule has 0 heterocycles. The van der Waals surface area contributed by atoms with Crippen molar-refractivity contribution in [1.29, 1.82) is 0 Å². The van der Waals surface area contributed by atoms with Crippen LogP contribution in [0.5, 0.6) is 0 Å². The molecule has 3 N–H and O–H groups in total. The standard InChI is InChI=1S/C17H33NO/c1-4-14-7-9-16(10-14,12-18)17(19)8-5-6-15(11-17)13(2)3/h13-15,19H,4-12,18H2,1-3H3. The van der Waals surface area contributed by atoms with Crippen LogP contribution in [0.4, 0.5) is 0 Å². The molecule has 2 aliphatic carbocycles. The zero-order valence-corrected chi connectivity index (χ0v) is 13.1. The third kappa shape index (κ3) is 2.71. The van der Waals surface area contributed by atoms with E-state index < -0.39 is 5.60 Å².